The first-order chi connectivity index (χ1) is 11.6. The summed E-state index contributed by atoms with van der Waals surface area (Å²) in [6.45, 7) is 4.09. The van der Waals surface area contributed by atoms with Crippen LogP contribution in [0.15, 0.2) is 48.5 Å². The fraction of sp³-hybridized carbons (Fsp3) is 0.300. The Balaban J connectivity index is 1.47. The maximum Gasteiger partial charge on any atom is 0.220 e. The summed E-state index contributed by atoms with van der Waals surface area (Å²) in [5.41, 5.74) is 3.42. The summed E-state index contributed by atoms with van der Waals surface area (Å²) in [5, 5.41) is 4.18. The minimum atomic E-state index is 0.0422. The third kappa shape index (κ3) is 4.20. The summed E-state index contributed by atoms with van der Waals surface area (Å²) in [4.78, 5) is 16.7. The van der Waals surface area contributed by atoms with E-state index in [-0.39, 0.29) is 11.9 Å². The van der Waals surface area contributed by atoms with Crippen LogP contribution in [0.2, 0.25) is 0 Å². The van der Waals surface area contributed by atoms with Crippen molar-refractivity contribution in [3.63, 3.8) is 0 Å². The minimum absolute atomic E-state index is 0.0422. The van der Waals surface area contributed by atoms with E-state index in [1.165, 1.54) is 10.3 Å². The molecule has 24 heavy (non-hydrogen) atoms. The van der Waals surface area contributed by atoms with E-state index in [4.69, 9.17) is 0 Å². The first kappa shape index (κ1) is 16.7. The second-order valence-corrected chi connectivity index (χ2v) is 7.24. The van der Waals surface area contributed by atoms with Crippen molar-refractivity contribution in [2.75, 3.05) is 0 Å². The predicted octanol–water partition coefficient (Wildman–Crippen LogP) is 4.80. The molecule has 4 heteroatoms. The fourth-order valence-corrected chi connectivity index (χ4v) is 3.69. The summed E-state index contributed by atoms with van der Waals surface area (Å²) >= 11 is 1.72. The lowest BCUT2D eigenvalue weighted by molar-refractivity contribution is -0.121. The van der Waals surface area contributed by atoms with Gasteiger partial charge in [-0.3, -0.25) is 4.79 Å². The van der Waals surface area contributed by atoms with Crippen molar-refractivity contribution in [1.82, 2.24) is 10.3 Å². The van der Waals surface area contributed by atoms with Gasteiger partial charge < -0.3 is 5.32 Å². The number of carbonyl (C=O) groups excluding carboxylic acids is 1. The van der Waals surface area contributed by atoms with Gasteiger partial charge in [-0.05, 0) is 44.4 Å². The molecule has 0 spiro atoms. The number of hydrogen-bond donors (Lipinski definition) is 1. The molecule has 0 aliphatic heterocycles. The van der Waals surface area contributed by atoms with Crippen molar-refractivity contribution in [2.24, 2.45) is 0 Å². The lowest BCUT2D eigenvalue weighted by Gasteiger charge is -2.14. The zero-order valence-electron chi connectivity index (χ0n) is 14.1. The van der Waals surface area contributed by atoms with E-state index in [9.17, 15) is 4.79 Å². The predicted molar refractivity (Wildman–Crippen MR) is 100 cm³/mol. The number of thiazole rings is 1. The van der Waals surface area contributed by atoms with Gasteiger partial charge in [-0.25, -0.2) is 4.98 Å². The van der Waals surface area contributed by atoms with Crippen molar-refractivity contribution in [3.8, 4) is 0 Å². The molecular weight excluding hydrogens is 316 g/mol. The van der Waals surface area contributed by atoms with Gasteiger partial charge in [-0.1, -0.05) is 42.0 Å². The summed E-state index contributed by atoms with van der Waals surface area (Å²) < 4.78 is 1.21. The van der Waals surface area contributed by atoms with E-state index in [0.717, 1.165) is 28.9 Å². The maximum atomic E-state index is 12.1. The number of fused-ring (bicyclic) bond motifs is 1. The number of amides is 1. The van der Waals surface area contributed by atoms with Crippen molar-refractivity contribution in [1.29, 1.82) is 0 Å². The van der Waals surface area contributed by atoms with E-state index in [1.807, 2.05) is 25.1 Å². The first-order valence-corrected chi connectivity index (χ1v) is 9.14. The number of benzene rings is 2. The molecule has 124 valence electrons. The van der Waals surface area contributed by atoms with Gasteiger partial charge in [0.2, 0.25) is 5.91 Å². The average molecular weight is 338 g/mol. The number of para-hydroxylation sites is 1. The van der Waals surface area contributed by atoms with Crippen LogP contribution in [-0.2, 0) is 11.2 Å². The molecule has 0 radical (unpaired) electrons. The number of rotatable bonds is 6. The van der Waals surface area contributed by atoms with E-state index < -0.39 is 0 Å². The van der Waals surface area contributed by atoms with Crippen LogP contribution in [-0.4, -0.2) is 10.9 Å². The van der Waals surface area contributed by atoms with E-state index in [2.05, 4.69) is 47.6 Å². The molecule has 0 saturated carbocycles. The van der Waals surface area contributed by atoms with Crippen LogP contribution in [0.4, 0.5) is 0 Å². The molecule has 0 bridgehead atoms. The number of nitrogens with zero attached hydrogens (tertiary/aromatic N) is 1. The van der Waals surface area contributed by atoms with Crippen LogP contribution in [0.25, 0.3) is 10.2 Å². The molecule has 0 fully saturated rings. The zero-order chi connectivity index (χ0) is 16.9. The van der Waals surface area contributed by atoms with Crippen LogP contribution in [0.5, 0.6) is 0 Å². The lowest BCUT2D eigenvalue weighted by Crippen LogP contribution is -2.26. The quantitative estimate of drug-likeness (QED) is 0.701. The Morgan fingerprint density at radius 1 is 1.17 bits per heavy atom. The highest BCUT2D eigenvalue weighted by Crippen LogP contribution is 2.22. The van der Waals surface area contributed by atoms with Gasteiger partial charge in [0.25, 0.3) is 0 Å². The molecule has 0 aliphatic rings. The van der Waals surface area contributed by atoms with Gasteiger partial charge in [0.1, 0.15) is 0 Å². The third-order valence-corrected chi connectivity index (χ3v) is 5.18. The molecule has 0 aliphatic carbocycles. The number of carbonyl (C=O) groups is 1. The van der Waals surface area contributed by atoms with Gasteiger partial charge in [-0.15, -0.1) is 11.3 Å². The Morgan fingerprint density at radius 3 is 2.67 bits per heavy atom. The fourth-order valence-electron chi connectivity index (χ4n) is 2.68. The van der Waals surface area contributed by atoms with Crippen LogP contribution >= 0.6 is 11.3 Å². The molecule has 1 unspecified atom stereocenters. The van der Waals surface area contributed by atoms with Gasteiger partial charge >= 0.3 is 0 Å². The molecule has 1 heterocycles. The second kappa shape index (κ2) is 7.58. The Morgan fingerprint density at radius 2 is 1.92 bits per heavy atom. The van der Waals surface area contributed by atoms with Crippen LogP contribution in [0, 0.1) is 6.92 Å². The highest BCUT2D eigenvalue weighted by atomic mass is 32.1. The molecular formula is C20H22N2OS. The Labute approximate surface area is 146 Å². The van der Waals surface area contributed by atoms with Gasteiger partial charge in [0.05, 0.1) is 21.3 Å². The lowest BCUT2D eigenvalue weighted by atomic mass is 10.1. The maximum absolute atomic E-state index is 12.1. The zero-order valence-corrected chi connectivity index (χ0v) is 14.9. The van der Waals surface area contributed by atoms with Gasteiger partial charge in [-0.2, -0.15) is 0 Å². The highest BCUT2D eigenvalue weighted by Gasteiger charge is 2.10. The van der Waals surface area contributed by atoms with E-state index >= 15 is 0 Å². The van der Waals surface area contributed by atoms with Crippen LogP contribution < -0.4 is 5.32 Å². The number of hydrogen-bond acceptors (Lipinski definition) is 3. The van der Waals surface area contributed by atoms with Crippen molar-refractivity contribution in [2.45, 2.75) is 39.2 Å². The van der Waals surface area contributed by atoms with Gasteiger partial charge in [0, 0.05) is 6.42 Å². The van der Waals surface area contributed by atoms with E-state index in [1.54, 1.807) is 11.3 Å². The summed E-state index contributed by atoms with van der Waals surface area (Å²) in [6.07, 6.45) is 2.21. The number of aromatic nitrogens is 1. The smallest absolute Gasteiger partial charge is 0.220 e. The Hall–Kier alpha value is -2.20. The molecule has 1 atom stereocenters. The molecule has 3 rings (SSSR count). The van der Waals surface area contributed by atoms with E-state index in [0.29, 0.717) is 6.42 Å². The molecule has 0 saturated heterocycles. The van der Waals surface area contributed by atoms with Crippen LogP contribution in [0.3, 0.4) is 0 Å². The summed E-state index contributed by atoms with van der Waals surface area (Å²) in [5.74, 6) is 0.101. The molecule has 1 aromatic heterocycles. The SMILES string of the molecule is Cc1ccc(C(C)NC(=O)CCCc2nc3ccccc3s2)cc1. The monoisotopic (exact) mass is 338 g/mol. The second-order valence-electron chi connectivity index (χ2n) is 6.13. The third-order valence-electron chi connectivity index (χ3n) is 4.09. The highest BCUT2D eigenvalue weighted by molar-refractivity contribution is 7.18. The molecule has 3 nitrogen and oxygen atoms in total. The minimum Gasteiger partial charge on any atom is -0.350 e. The molecule has 2 aromatic carbocycles. The largest absolute Gasteiger partial charge is 0.350 e. The number of nitrogens with one attached hydrogen (secondary N) is 1. The van der Waals surface area contributed by atoms with Gasteiger partial charge in [0.15, 0.2) is 0 Å². The topological polar surface area (TPSA) is 42.0 Å². The van der Waals surface area contributed by atoms with Crippen molar-refractivity contribution < 1.29 is 4.79 Å². The average Bonchev–Trinajstić information content (AvgIpc) is 2.98. The molecule has 1 amide bonds. The summed E-state index contributed by atoms with van der Waals surface area (Å²) in [7, 11) is 0. The Kier molecular flexibility index (Phi) is 5.26. The first-order valence-electron chi connectivity index (χ1n) is 8.32. The molecule has 1 N–H and O–H groups in total. The summed E-state index contributed by atoms with van der Waals surface area (Å²) in [6, 6.07) is 16.5. The standard InChI is InChI=1S/C20H22N2OS/c1-14-10-12-16(13-11-14)15(2)21-19(23)8-5-9-20-22-17-6-3-4-7-18(17)24-20/h3-4,6-7,10-13,15H,5,8-9H2,1-2H3,(H,21,23). The van der Waals surface area contributed by atoms with Crippen LogP contribution in [0.1, 0.15) is 41.9 Å². The van der Waals surface area contributed by atoms with Crippen molar-refractivity contribution >= 4 is 27.5 Å². The van der Waals surface area contributed by atoms with Crippen molar-refractivity contribution in [3.05, 3.63) is 64.7 Å². The Bertz CT molecular complexity index is 790. The molecule has 3 aromatic rings. The number of aryl methyl sites for hydroxylation is 2. The normalized spacial score (nSPS) is 12.2.